The predicted molar refractivity (Wildman–Crippen MR) is 56.4 cm³/mol. The Morgan fingerprint density at radius 3 is 2.73 bits per heavy atom. The molecule has 7 heteroatoms. The minimum Gasteiger partial charge on any atom is -0.480 e. The van der Waals surface area contributed by atoms with E-state index in [1.165, 1.54) is 0 Å². The van der Waals surface area contributed by atoms with Crippen molar-refractivity contribution in [3.05, 3.63) is 0 Å². The third kappa shape index (κ3) is 7.80. The van der Waals surface area contributed by atoms with Gasteiger partial charge < -0.3 is 16.2 Å². The summed E-state index contributed by atoms with van der Waals surface area (Å²) in [5.41, 5.74) is 4.89. The molecular formula is C8H14N2O4S. The highest BCUT2D eigenvalue weighted by Gasteiger charge is 2.17. The maximum absolute atomic E-state index is 11.1. The van der Waals surface area contributed by atoms with Gasteiger partial charge in [0, 0.05) is 28.9 Å². The Balaban J connectivity index is 4.21. The first-order valence-corrected chi connectivity index (χ1v) is 5.20. The summed E-state index contributed by atoms with van der Waals surface area (Å²) in [7, 11) is 0. The molecule has 0 aliphatic carbocycles. The lowest BCUT2D eigenvalue weighted by Gasteiger charge is -2.12. The lowest BCUT2D eigenvalue weighted by atomic mass is 10.3. The van der Waals surface area contributed by atoms with Crippen molar-refractivity contribution in [2.75, 3.05) is 11.5 Å². The van der Waals surface area contributed by atoms with E-state index in [2.05, 4.69) is 0 Å². The van der Waals surface area contributed by atoms with E-state index < -0.39 is 30.7 Å². The molecule has 0 heterocycles. The van der Waals surface area contributed by atoms with E-state index in [1.807, 2.05) is 5.32 Å². The van der Waals surface area contributed by atoms with Crippen LogP contribution < -0.4 is 11.1 Å². The van der Waals surface area contributed by atoms with Crippen LogP contribution in [0.25, 0.3) is 0 Å². The van der Waals surface area contributed by atoms with Crippen molar-refractivity contribution in [3.8, 4) is 0 Å². The van der Waals surface area contributed by atoms with Crippen LogP contribution in [-0.4, -0.2) is 40.4 Å². The van der Waals surface area contributed by atoms with Crippen molar-refractivity contribution in [1.29, 1.82) is 0 Å². The number of hydrogen-bond donors (Lipinski definition) is 3. The molecule has 0 radical (unpaired) electrons. The maximum Gasteiger partial charge on any atom is 0.327 e. The molecule has 2 amide bonds. The van der Waals surface area contributed by atoms with E-state index in [1.54, 1.807) is 0 Å². The number of nitrogens with two attached hydrogens (primary N) is 1. The molecule has 86 valence electrons. The van der Waals surface area contributed by atoms with Crippen molar-refractivity contribution in [3.63, 3.8) is 0 Å². The van der Waals surface area contributed by atoms with Gasteiger partial charge >= 0.3 is 5.97 Å². The van der Waals surface area contributed by atoms with E-state index in [-0.39, 0.29) is 12.2 Å². The number of rotatable bonds is 7. The van der Waals surface area contributed by atoms with Crippen molar-refractivity contribution in [1.82, 2.24) is 5.32 Å². The van der Waals surface area contributed by atoms with Gasteiger partial charge in [0.2, 0.25) is 11.8 Å². The van der Waals surface area contributed by atoms with Crippen LogP contribution in [0, 0.1) is 0 Å². The van der Waals surface area contributed by atoms with Gasteiger partial charge in [-0.15, -0.1) is 0 Å². The minimum absolute atomic E-state index is 0.0373. The molecular weight excluding hydrogens is 220 g/mol. The number of hydrogen-bond acceptors (Lipinski definition) is 4. The summed E-state index contributed by atoms with van der Waals surface area (Å²) >= 11 is 1.09. The minimum atomic E-state index is -2.88. The number of carboxylic acids is 1. The SMILES string of the molecule is [2H]C([2H])([2H])C(=O)N[C@@H](CSCCC(N)=O)C(=O)O. The normalized spacial score (nSPS) is 15.6. The third-order valence-electron chi connectivity index (χ3n) is 1.38. The standard InChI is InChI=1S/C8H14N2O4S/c1-5(11)10-6(8(13)14)4-15-3-2-7(9)12/h6H,2-4H2,1H3,(H2,9,12)(H,10,11)(H,13,14)/t6-/m0/s1/i1D3. The molecule has 0 aromatic rings. The van der Waals surface area contributed by atoms with Crippen LogP contribution >= 0.6 is 11.8 Å². The van der Waals surface area contributed by atoms with Crippen LogP contribution in [0.5, 0.6) is 0 Å². The van der Waals surface area contributed by atoms with Gasteiger partial charge in [0.15, 0.2) is 0 Å². The predicted octanol–water partition coefficient (Wildman–Crippen LogP) is -0.816. The van der Waals surface area contributed by atoms with Gasteiger partial charge in [-0.2, -0.15) is 11.8 Å². The van der Waals surface area contributed by atoms with Gasteiger partial charge in [0.25, 0.3) is 0 Å². The molecule has 0 rings (SSSR count). The van der Waals surface area contributed by atoms with Crippen LogP contribution in [0.2, 0.25) is 0 Å². The Morgan fingerprint density at radius 1 is 1.60 bits per heavy atom. The molecule has 0 aromatic carbocycles. The Kier molecular flexibility index (Phi) is 4.27. The van der Waals surface area contributed by atoms with E-state index in [9.17, 15) is 14.4 Å². The zero-order chi connectivity index (χ0) is 14.3. The van der Waals surface area contributed by atoms with Crippen LogP contribution in [-0.2, 0) is 14.4 Å². The Hall–Kier alpha value is -1.24. The third-order valence-corrected chi connectivity index (χ3v) is 2.44. The van der Waals surface area contributed by atoms with Crippen molar-refractivity contribution >= 4 is 29.5 Å². The first kappa shape index (κ1) is 9.02. The smallest absolute Gasteiger partial charge is 0.327 e. The summed E-state index contributed by atoms with van der Waals surface area (Å²) in [6, 6.07) is -1.31. The van der Waals surface area contributed by atoms with E-state index >= 15 is 0 Å². The maximum atomic E-state index is 11.1. The van der Waals surface area contributed by atoms with Crippen LogP contribution in [0.3, 0.4) is 0 Å². The Bertz CT molecular complexity index is 335. The molecule has 15 heavy (non-hydrogen) atoms. The molecule has 0 unspecified atom stereocenters. The molecule has 0 bridgehead atoms. The van der Waals surface area contributed by atoms with Gasteiger partial charge in [-0.3, -0.25) is 9.59 Å². The molecule has 0 aliphatic heterocycles. The van der Waals surface area contributed by atoms with Gasteiger partial charge in [-0.1, -0.05) is 0 Å². The van der Waals surface area contributed by atoms with Crippen LogP contribution in [0.1, 0.15) is 17.4 Å². The number of amides is 2. The van der Waals surface area contributed by atoms with Crippen LogP contribution in [0.4, 0.5) is 0 Å². The van der Waals surface area contributed by atoms with E-state index in [0.717, 1.165) is 11.8 Å². The molecule has 0 saturated heterocycles. The highest BCUT2D eigenvalue weighted by molar-refractivity contribution is 7.99. The summed E-state index contributed by atoms with van der Waals surface area (Å²) in [4.78, 5) is 32.3. The van der Waals surface area contributed by atoms with Gasteiger partial charge in [-0.25, -0.2) is 4.79 Å². The fraction of sp³-hybridized carbons (Fsp3) is 0.625. The molecule has 0 saturated carbocycles. The fourth-order valence-electron chi connectivity index (χ4n) is 0.707. The van der Waals surface area contributed by atoms with Crippen LogP contribution in [0.15, 0.2) is 0 Å². The molecule has 6 nitrogen and oxygen atoms in total. The van der Waals surface area contributed by atoms with Gasteiger partial charge in [0.1, 0.15) is 6.04 Å². The van der Waals surface area contributed by atoms with Crippen molar-refractivity contribution in [2.24, 2.45) is 5.73 Å². The number of carboxylic acid groups (broad SMARTS) is 1. The summed E-state index contributed by atoms with van der Waals surface area (Å²) in [6.07, 6.45) is 0.0875. The second-order valence-corrected chi connectivity index (χ2v) is 3.81. The Morgan fingerprint density at radius 2 is 2.27 bits per heavy atom. The summed E-state index contributed by atoms with van der Waals surface area (Å²) in [5.74, 6) is -2.89. The highest BCUT2D eigenvalue weighted by atomic mass is 32.2. The lowest BCUT2D eigenvalue weighted by molar-refractivity contribution is -0.140. The quantitative estimate of drug-likeness (QED) is 0.501. The molecule has 0 fully saturated rings. The molecule has 4 N–H and O–H groups in total. The summed E-state index contributed by atoms with van der Waals surface area (Å²) < 4.78 is 20.4. The zero-order valence-corrected chi connectivity index (χ0v) is 8.67. The number of nitrogens with one attached hydrogen (secondary N) is 1. The molecule has 0 aromatic heterocycles. The fourth-order valence-corrected chi connectivity index (χ4v) is 1.68. The van der Waals surface area contributed by atoms with Crippen molar-refractivity contribution in [2.45, 2.75) is 19.3 Å². The molecule has 1 atom stereocenters. The second-order valence-electron chi connectivity index (χ2n) is 2.66. The molecule has 0 spiro atoms. The summed E-state index contributed by atoms with van der Waals surface area (Å²) in [5, 5.41) is 10.7. The monoisotopic (exact) mass is 237 g/mol. The summed E-state index contributed by atoms with van der Waals surface area (Å²) in [6.45, 7) is -2.88. The number of carbonyl (C=O) groups is 3. The largest absolute Gasteiger partial charge is 0.480 e. The topological polar surface area (TPSA) is 109 Å². The van der Waals surface area contributed by atoms with Gasteiger partial charge in [-0.05, 0) is 0 Å². The number of thioether (sulfide) groups is 1. The number of aliphatic carboxylic acids is 1. The highest BCUT2D eigenvalue weighted by Crippen LogP contribution is 2.05. The average Bonchev–Trinajstić information content (AvgIpc) is 2.19. The first-order chi connectivity index (χ1) is 8.14. The first-order valence-electron chi connectivity index (χ1n) is 5.54. The van der Waals surface area contributed by atoms with E-state index in [0.29, 0.717) is 5.75 Å². The number of primary amides is 1. The Labute approximate surface area is 95.8 Å². The zero-order valence-electron chi connectivity index (χ0n) is 10.9. The average molecular weight is 237 g/mol. The lowest BCUT2D eigenvalue weighted by Crippen LogP contribution is -2.41. The second kappa shape index (κ2) is 7.10. The van der Waals surface area contributed by atoms with E-state index in [4.69, 9.17) is 15.0 Å². The van der Waals surface area contributed by atoms with Gasteiger partial charge in [0.05, 0.1) is 0 Å². The molecule has 0 aliphatic rings. The van der Waals surface area contributed by atoms with Crippen molar-refractivity contribution < 1.29 is 23.6 Å². The number of carbonyl (C=O) groups excluding carboxylic acids is 2.